The fourth-order valence-electron chi connectivity index (χ4n) is 2.78. The van der Waals surface area contributed by atoms with Crippen LogP contribution in [-0.4, -0.2) is 65.2 Å². The van der Waals surface area contributed by atoms with Gasteiger partial charge in [0.15, 0.2) is 27.1 Å². The van der Waals surface area contributed by atoms with E-state index in [0.29, 0.717) is 16.9 Å². The predicted molar refractivity (Wildman–Crippen MR) is 121 cm³/mol. The number of aromatic nitrogens is 4. The molecule has 0 radical (unpaired) electrons. The first kappa shape index (κ1) is 25.5. The number of fused-ring (bicyclic) bond motifs is 1. The van der Waals surface area contributed by atoms with E-state index in [1.54, 1.807) is 0 Å². The van der Waals surface area contributed by atoms with Crippen molar-refractivity contribution in [3.05, 3.63) is 12.7 Å². The minimum atomic E-state index is -2.51. The lowest BCUT2D eigenvalue weighted by Crippen LogP contribution is -2.37. The number of alkyl halides is 2. The van der Waals surface area contributed by atoms with E-state index in [9.17, 15) is 14.5 Å². The Labute approximate surface area is 199 Å². The Morgan fingerprint density at radius 2 is 2.09 bits per heavy atom. The molecule has 0 aliphatic carbocycles. The highest BCUT2D eigenvalue weighted by molar-refractivity contribution is 8.13. The average Bonchev–Trinajstić information content (AvgIpc) is 3.23. The molecule has 3 heterocycles. The summed E-state index contributed by atoms with van der Waals surface area (Å²) in [6.45, 7) is 5.20. The molecular weight excluding hydrogens is 504 g/mol. The maximum Gasteiger partial charge on any atom is 0.697 e. The van der Waals surface area contributed by atoms with Crippen molar-refractivity contribution in [3.63, 3.8) is 0 Å². The van der Waals surface area contributed by atoms with E-state index >= 15 is 0 Å². The zero-order valence-corrected chi connectivity index (χ0v) is 20.7. The molecule has 0 amide bonds. The molecule has 1 fully saturated rings. The lowest BCUT2D eigenvalue weighted by Gasteiger charge is -2.23. The molecule has 2 aromatic heterocycles. The van der Waals surface area contributed by atoms with Crippen LogP contribution in [0.4, 0.5) is 5.82 Å². The Morgan fingerprint density at radius 3 is 2.78 bits per heavy atom. The molecule has 0 aromatic carbocycles. The first-order chi connectivity index (χ1) is 14.9. The standard InChI is InChI=1S/C17H23Cl2N5O6PS/c1-16(2,3)15(26)32-5-4-28-31(27)29-6-9-11(25)17(18,19)14(30-9)24-8-23-10-12(20)21-7-22-13(10)24/h7-9,11,14,25H,4-6H2,1-3H3,(H2,20,21,22)/q+1. The second-order valence-corrected chi connectivity index (χ2v) is 11.4. The van der Waals surface area contributed by atoms with Crippen LogP contribution in [0.2, 0.25) is 0 Å². The summed E-state index contributed by atoms with van der Waals surface area (Å²) in [5.74, 6) is 0.495. The number of hydrogen-bond donors (Lipinski definition) is 2. The van der Waals surface area contributed by atoms with Crippen LogP contribution in [0, 0.1) is 5.41 Å². The smallest absolute Gasteiger partial charge is 0.387 e. The van der Waals surface area contributed by atoms with Crippen molar-refractivity contribution in [1.29, 1.82) is 0 Å². The van der Waals surface area contributed by atoms with Gasteiger partial charge in [0.1, 0.15) is 37.3 Å². The molecular formula is C17H23Cl2N5O6PS+. The molecule has 1 aliphatic heterocycles. The van der Waals surface area contributed by atoms with Gasteiger partial charge >= 0.3 is 8.25 Å². The summed E-state index contributed by atoms with van der Waals surface area (Å²) in [5, 5.41) is 10.5. The van der Waals surface area contributed by atoms with Gasteiger partial charge < -0.3 is 15.6 Å². The van der Waals surface area contributed by atoms with Crippen LogP contribution in [0.25, 0.3) is 11.2 Å². The van der Waals surface area contributed by atoms with Crippen LogP contribution in [0.3, 0.4) is 0 Å². The Kier molecular flexibility index (Phi) is 7.99. The van der Waals surface area contributed by atoms with Gasteiger partial charge in [0.05, 0.1) is 6.33 Å². The van der Waals surface area contributed by atoms with Crippen LogP contribution >= 0.6 is 43.2 Å². The number of imidazole rings is 1. The number of rotatable bonds is 8. The second kappa shape index (κ2) is 10.0. The molecule has 2 aromatic rings. The van der Waals surface area contributed by atoms with Gasteiger partial charge in [-0.15, -0.1) is 9.05 Å². The number of anilines is 1. The van der Waals surface area contributed by atoms with Crippen molar-refractivity contribution in [2.75, 3.05) is 24.7 Å². The van der Waals surface area contributed by atoms with Crippen molar-refractivity contribution in [2.24, 2.45) is 5.41 Å². The minimum Gasteiger partial charge on any atom is -0.387 e. The monoisotopic (exact) mass is 526 g/mol. The number of aliphatic hydroxyl groups excluding tert-OH is 1. The topological polar surface area (TPSA) is 152 Å². The third-order valence-corrected chi connectivity index (χ3v) is 7.31. The number of carbonyl (C=O) groups is 1. The molecule has 1 aliphatic rings. The van der Waals surface area contributed by atoms with E-state index in [-0.39, 0.29) is 24.1 Å². The van der Waals surface area contributed by atoms with E-state index in [2.05, 4.69) is 15.0 Å². The fourth-order valence-corrected chi connectivity index (χ4v) is 4.87. The number of halogens is 2. The van der Waals surface area contributed by atoms with E-state index in [4.69, 9.17) is 42.7 Å². The molecule has 11 nitrogen and oxygen atoms in total. The summed E-state index contributed by atoms with van der Waals surface area (Å²) in [4.78, 5) is 24.0. The van der Waals surface area contributed by atoms with Crippen LogP contribution < -0.4 is 5.73 Å². The highest BCUT2D eigenvalue weighted by atomic mass is 35.5. The maximum absolute atomic E-state index is 12.0. The van der Waals surface area contributed by atoms with Crippen LogP contribution in [0.15, 0.2) is 12.7 Å². The second-order valence-electron chi connectivity index (χ2n) is 7.97. The molecule has 0 saturated carbocycles. The summed E-state index contributed by atoms with van der Waals surface area (Å²) in [7, 11) is -2.51. The third kappa shape index (κ3) is 5.51. The molecule has 3 rings (SSSR count). The number of thioether (sulfide) groups is 1. The first-order valence-electron chi connectivity index (χ1n) is 9.47. The van der Waals surface area contributed by atoms with Gasteiger partial charge in [-0.25, -0.2) is 15.0 Å². The zero-order chi connectivity index (χ0) is 23.7. The molecule has 15 heteroatoms. The Hall–Kier alpha value is -1.11. The molecule has 32 heavy (non-hydrogen) atoms. The first-order valence-corrected chi connectivity index (χ1v) is 12.3. The zero-order valence-electron chi connectivity index (χ0n) is 17.5. The lowest BCUT2D eigenvalue weighted by atomic mass is 10.00. The molecule has 4 atom stereocenters. The van der Waals surface area contributed by atoms with Crippen LogP contribution in [0.5, 0.6) is 0 Å². The SMILES string of the molecule is CC(C)(C)C(=O)SCCO[P+](=O)OCC1OC(n2cnc3c(N)ncnc32)C(Cl)(Cl)C1O. The van der Waals surface area contributed by atoms with Crippen molar-refractivity contribution in [3.8, 4) is 0 Å². The largest absolute Gasteiger partial charge is 0.697 e. The van der Waals surface area contributed by atoms with Crippen molar-refractivity contribution in [2.45, 2.75) is 43.5 Å². The van der Waals surface area contributed by atoms with E-state index in [0.717, 1.165) is 11.8 Å². The Balaban J connectivity index is 1.55. The molecule has 3 N–H and O–H groups in total. The Bertz CT molecular complexity index is 1000. The summed E-state index contributed by atoms with van der Waals surface area (Å²) >= 11 is 13.8. The number of aliphatic hydroxyl groups is 1. The maximum atomic E-state index is 12.0. The Morgan fingerprint density at radius 1 is 1.38 bits per heavy atom. The van der Waals surface area contributed by atoms with Gasteiger partial charge in [-0.1, -0.05) is 55.7 Å². The van der Waals surface area contributed by atoms with E-state index in [1.807, 2.05) is 20.8 Å². The highest BCUT2D eigenvalue weighted by Gasteiger charge is 2.56. The molecule has 0 spiro atoms. The van der Waals surface area contributed by atoms with Crippen LogP contribution in [-0.2, 0) is 23.1 Å². The fraction of sp³-hybridized carbons (Fsp3) is 0.647. The van der Waals surface area contributed by atoms with Crippen molar-refractivity contribution >= 4 is 65.3 Å². The minimum absolute atomic E-state index is 0.00498. The summed E-state index contributed by atoms with van der Waals surface area (Å²) in [6, 6.07) is 0. The molecule has 1 saturated heterocycles. The number of hydrogen-bond acceptors (Lipinski definition) is 11. The number of nitrogen functional groups attached to an aromatic ring is 1. The number of nitrogens with two attached hydrogens (primary N) is 1. The van der Waals surface area contributed by atoms with Gasteiger partial charge in [0.25, 0.3) is 0 Å². The van der Waals surface area contributed by atoms with Gasteiger partial charge in [0, 0.05) is 15.7 Å². The van der Waals surface area contributed by atoms with Crippen molar-refractivity contribution in [1.82, 2.24) is 19.5 Å². The average molecular weight is 527 g/mol. The van der Waals surface area contributed by atoms with E-state index in [1.165, 1.54) is 17.2 Å². The molecule has 176 valence electrons. The summed E-state index contributed by atoms with van der Waals surface area (Å²) in [5.41, 5.74) is 5.97. The summed E-state index contributed by atoms with van der Waals surface area (Å²) < 4.78 is 27.7. The number of nitrogens with zero attached hydrogens (tertiary/aromatic N) is 4. The van der Waals surface area contributed by atoms with Crippen molar-refractivity contribution < 1.29 is 28.3 Å². The number of carbonyl (C=O) groups excluding carboxylic acids is 1. The van der Waals surface area contributed by atoms with Gasteiger partial charge in [-0.2, -0.15) is 0 Å². The van der Waals surface area contributed by atoms with Gasteiger partial charge in [-0.3, -0.25) is 9.36 Å². The lowest BCUT2D eigenvalue weighted by molar-refractivity contribution is -0.117. The molecule has 4 unspecified atom stereocenters. The van der Waals surface area contributed by atoms with Crippen LogP contribution in [0.1, 0.15) is 27.0 Å². The highest BCUT2D eigenvalue weighted by Crippen LogP contribution is 2.48. The van der Waals surface area contributed by atoms with Gasteiger partial charge in [-0.05, 0) is 0 Å². The predicted octanol–water partition coefficient (Wildman–Crippen LogP) is 2.84. The normalized spacial score (nSPS) is 23.6. The van der Waals surface area contributed by atoms with E-state index < -0.39 is 36.4 Å². The quantitative estimate of drug-likeness (QED) is 0.296. The third-order valence-electron chi connectivity index (χ3n) is 4.49. The molecule has 0 bridgehead atoms. The summed E-state index contributed by atoms with van der Waals surface area (Å²) in [6.07, 6.45) is -0.841. The van der Waals surface area contributed by atoms with Gasteiger partial charge in [0.2, 0.25) is 0 Å². The number of ether oxygens (including phenoxy) is 1.